The number of hydrogen-bond acceptors (Lipinski definition) is 9. The molecule has 7 atom stereocenters. The molecule has 1 fully saturated rings. The Labute approximate surface area is 205 Å². The first-order valence-electron chi connectivity index (χ1n) is 11.8. The number of aromatic hydroxyl groups is 2. The van der Waals surface area contributed by atoms with E-state index in [1.807, 2.05) is 13.8 Å². The number of rotatable bonds is 7. The highest BCUT2D eigenvalue weighted by Crippen LogP contribution is 2.42. The second-order valence-corrected chi connectivity index (χ2v) is 10.3. The fourth-order valence-corrected chi connectivity index (χ4v) is 4.94. The zero-order valence-corrected chi connectivity index (χ0v) is 21.1. The molecule has 5 N–H and O–H groups in total. The number of esters is 1. The predicted molar refractivity (Wildman–Crippen MR) is 125 cm³/mol. The molecule has 0 bridgehead atoms. The first-order valence-corrected chi connectivity index (χ1v) is 11.8. The molecule has 35 heavy (non-hydrogen) atoms. The molecule has 196 valence electrons. The maximum Gasteiger partial charge on any atom is 0.342 e. The van der Waals surface area contributed by atoms with Gasteiger partial charge in [0.05, 0.1) is 18.3 Å². The van der Waals surface area contributed by atoms with E-state index >= 15 is 0 Å². The van der Waals surface area contributed by atoms with Crippen molar-refractivity contribution in [2.75, 3.05) is 7.11 Å². The number of methoxy groups -OCH3 is 1. The topological polar surface area (TPSA) is 155 Å². The van der Waals surface area contributed by atoms with Crippen molar-refractivity contribution in [1.29, 1.82) is 0 Å². The summed E-state index contributed by atoms with van der Waals surface area (Å²) in [6.45, 7) is 8.48. The lowest BCUT2D eigenvalue weighted by Crippen LogP contribution is -2.57. The van der Waals surface area contributed by atoms with Gasteiger partial charge in [0.2, 0.25) is 5.91 Å². The molecule has 3 rings (SSSR count). The lowest BCUT2D eigenvalue weighted by Gasteiger charge is -2.48. The van der Waals surface area contributed by atoms with E-state index in [0.717, 1.165) is 6.07 Å². The second kappa shape index (κ2) is 10.3. The quantitative estimate of drug-likeness (QED) is 0.280. The number of ether oxygens (including phenoxy) is 3. The lowest BCUT2D eigenvalue weighted by atomic mass is 9.73. The summed E-state index contributed by atoms with van der Waals surface area (Å²) >= 11 is 0. The molecule has 0 unspecified atom stereocenters. The van der Waals surface area contributed by atoms with Crippen LogP contribution in [-0.4, -0.2) is 76.2 Å². The molecule has 1 aromatic rings. The molecule has 10 heteroatoms. The summed E-state index contributed by atoms with van der Waals surface area (Å²) in [7, 11) is 1.44. The summed E-state index contributed by atoms with van der Waals surface area (Å²) < 4.78 is 17.1. The van der Waals surface area contributed by atoms with Crippen molar-refractivity contribution in [3.8, 4) is 11.5 Å². The minimum absolute atomic E-state index is 0.0320. The Balaban J connectivity index is 1.77. The van der Waals surface area contributed by atoms with Crippen LogP contribution in [0.25, 0.3) is 0 Å². The van der Waals surface area contributed by atoms with Crippen molar-refractivity contribution in [1.82, 2.24) is 5.32 Å². The summed E-state index contributed by atoms with van der Waals surface area (Å²) in [6, 6.07) is 1.12. The first-order chi connectivity index (χ1) is 16.3. The van der Waals surface area contributed by atoms with Crippen molar-refractivity contribution in [2.45, 2.75) is 90.6 Å². The van der Waals surface area contributed by atoms with E-state index in [9.17, 15) is 30.0 Å². The van der Waals surface area contributed by atoms with E-state index in [2.05, 4.69) is 5.32 Å². The van der Waals surface area contributed by atoms with E-state index in [0.29, 0.717) is 11.1 Å². The minimum Gasteiger partial charge on any atom is -0.508 e. The maximum absolute atomic E-state index is 12.6. The molecule has 1 saturated heterocycles. The van der Waals surface area contributed by atoms with E-state index < -0.39 is 54.0 Å². The van der Waals surface area contributed by atoms with Crippen LogP contribution in [0.1, 0.15) is 62.0 Å². The fourth-order valence-electron chi connectivity index (χ4n) is 4.94. The van der Waals surface area contributed by atoms with Crippen LogP contribution in [0.4, 0.5) is 0 Å². The maximum atomic E-state index is 12.6. The average Bonchev–Trinajstić information content (AvgIpc) is 2.77. The molecule has 10 nitrogen and oxygen atoms in total. The molecule has 1 amide bonds. The monoisotopic (exact) mass is 495 g/mol. The third-order valence-corrected chi connectivity index (χ3v) is 7.61. The molecular formula is C25H37NO9. The second-order valence-electron chi connectivity index (χ2n) is 10.3. The Kier molecular flexibility index (Phi) is 8.00. The van der Waals surface area contributed by atoms with Crippen LogP contribution in [0.2, 0.25) is 0 Å². The van der Waals surface area contributed by atoms with Crippen molar-refractivity contribution >= 4 is 11.9 Å². The van der Waals surface area contributed by atoms with E-state index in [1.165, 1.54) is 14.0 Å². The SMILES string of the molecule is CO[C@@H](NC(C)=O)[C@H]1C[C@@H](O)C(C)(C)[C@@H](C[C@H](O)[C@@H](C)[C@H]2Cc3c(C)c(O)cc(O)c3C(=O)O2)O1. The number of phenolic OH excluding ortho intramolecular Hbond substituents is 2. The first kappa shape index (κ1) is 27.2. The number of hydrogen-bond donors (Lipinski definition) is 5. The number of nitrogens with one attached hydrogen (secondary N) is 1. The van der Waals surface area contributed by atoms with E-state index in [1.54, 1.807) is 13.8 Å². The summed E-state index contributed by atoms with van der Waals surface area (Å²) in [5.41, 5.74) is 0.304. The summed E-state index contributed by atoms with van der Waals surface area (Å²) in [6.07, 6.45) is -3.76. The number of aliphatic hydroxyl groups is 2. The highest BCUT2D eigenvalue weighted by Gasteiger charge is 2.48. The Morgan fingerprint density at radius 2 is 1.94 bits per heavy atom. The Hall–Kier alpha value is -2.40. The van der Waals surface area contributed by atoms with Crippen LogP contribution in [0.5, 0.6) is 11.5 Å². The van der Waals surface area contributed by atoms with Gasteiger partial charge in [-0.25, -0.2) is 4.79 Å². The van der Waals surface area contributed by atoms with Crippen LogP contribution in [0.15, 0.2) is 6.07 Å². The van der Waals surface area contributed by atoms with Gasteiger partial charge in [-0.15, -0.1) is 0 Å². The van der Waals surface area contributed by atoms with Crippen molar-refractivity contribution in [3.05, 3.63) is 22.8 Å². The molecule has 0 aromatic heterocycles. The predicted octanol–water partition coefficient (Wildman–Crippen LogP) is 1.53. The standard InChI is InChI=1S/C25H37NO9/c1-11-14-7-18(35-24(32)22(14)17(30)8-15(11)28)12(2)16(29)9-21-25(4,5)20(31)10-19(34-21)23(33-6)26-13(3)27/h8,12,16,18-21,23,28-31H,7,9-10H2,1-6H3,(H,26,27)/t12-,16+,18-,19-,20-,21-,23-/m1/s1. The molecule has 0 radical (unpaired) electrons. The van der Waals surface area contributed by atoms with Crippen molar-refractivity contribution in [3.63, 3.8) is 0 Å². The molecule has 2 heterocycles. The lowest BCUT2D eigenvalue weighted by molar-refractivity contribution is -0.216. The number of aliphatic hydroxyl groups excluding tert-OH is 2. The molecular weight excluding hydrogens is 458 g/mol. The van der Waals surface area contributed by atoms with Gasteiger partial charge in [0, 0.05) is 50.7 Å². The Morgan fingerprint density at radius 1 is 1.29 bits per heavy atom. The number of carbonyl (C=O) groups excluding carboxylic acids is 2. The third kappa shape index (κ3) is 5.40. The van der Waals surface area contributed by atoms with Gasteiger partial charge in [-0.05, 0) is 18.1 Å². The van der Waals surface area contributed by atoms with Crippen LogP contribution in [0.3, 0.4) is 0 Å². The number of benzene rings is 1. The fraction of sp³-hybridized carbons (Fsp3) is 0.680. The third-order valence-electron chi connectivity index (χ3n) is 7.61. The minimum atomic E-state index is -0.961. The summed E-state index contributed by atoms with van der Waals surface area (Å²) in [4.78, 5) is 24.2. The normalized spacial score (nSPS) is 28.4. The van der Waals surface area contributed by atoms with Crippen molar-refractivity contribution < 1.29 is 44.2 Å². The van der Waals surface area contributed by atoms with Gasteiger partial charge in [0.1, 0.15) is 29.3 Å². The highest BCUT2D eigenvalue weighted by molar-refractivity contribution is 5.96. The zero-order chi connectivity index (χ0) is 26.2. The highest BCUT2D eigenvalue weighted by atomic mass is 16.6. The van der Waals surface area contributed by atoms with Crippen LogP contribution < -0.4 is 5.32 Å². The van der Waals surface area contributed by atoms with Gasteiger partial charge >= 0.3 is 5.97 Å². The van der Waals surface area contributed by atoms with E-state index in [-0.39, 0.29) is 42.2 Å². The summed E-state index contributed by atoms with van der Waals surface area (Å²) in [5.74, 6) is -1.98. The zero-order valence-electron chi connectivity index (χ0n) is 21.1. The van der Waals surface area contributed by atoms with Gasteiger partial charge < -0.3 is 40.0 Å². The molecule has 2 aliphatic heterocycles. The number of phenols is 2. The van der Waals surface area contributed by atoms with Crippen LogP contribution in [0, 0.1) is 18.3 Å². The van der Waals surface area contributed by atoms with Crippen molar-refractivity contribution in [2.24, 2.45) is 11.3 Å². The molecule has 0 aliphatic carbocycles. The Bertz CT molecular complexity index is 963. The number of fused-ring (bicyclic) bond motifs is 1. The average molecular weight is 496 g/mol. The van der Waals surface area contributed by atoms with Crippen LogP contribution in [-0.2, 0) is 25.4 Å². The van der Waals surface area contributed by atoms with E-state index in [4.69, 9.17) is 14.2 Å². The molecule has 1 aromatic carbocycles. The van der Waals surface area contributed by atoms with Gasteiger partial charge in [-0.1, -0.05) is 20.8 Å². The number of cyclic esters (lactones) is 1. The largest absolute Gasteiger partial charge is 0.508 e. The van der Waals surface area contributed by atoms with Crippen LogP contribution >= 0.6 is 0 Å². The van der Waals surface area contributed by atoms with Gasteiger partial charge in [-0.2, -0.15) is 0 Å². The van der Waals surface area contributed by atoms with Gasteiger partial charge in [0.25, 0.3) is 0 Å². The van der Waals surface area contributed by atoms with Gasteiger partial charge in [-0.3, -0.25) is 4.79 Å². The molecule has 0 saturated carbocycles. The Morgan fingerprint density at radius 3 is 2.54 bits per heavy atom. The summed E-state index contributed by atoms with van der Waals surface area (Å²) in [5, 5.41) is 44.8. The number of amides is 1. The van der Waals surface area contributed by atoms with Gasteiger partial charge in [0.15, 0.2) is 6.23 Å². The molecule has 2 aliphatic rings. The molecule has 0 spiro atoms. The number of carbonyl (C=O) groups is 2. The smallest absolute Gasteiger partial charge is 0.342 e.